The zero-order valence-electron chi connectivity index (χ0n) is 11.2. The monoisotopic (exact) mass is 266 g/mol. The predicted octanol–water partition coefficient (Wildman–Crippen LogP) is 3.65. The molecule has 1 saturated heterocycles. The normalized spacial score (nSPS) is 17.1. The van der Waals surface area contributed by atoms with Crippen LogP contribution in [-0.4, -0.2) is 37.6 Å². The van der Waals surface area contributed by atoms with Crippen molar-refractivity contribution in [1.29, 1.82) is 0 Å². The van der Waals surface area contributed by atoms with Crippen molar-refractivity contribution < 1.29 is 0 Å². The molecule has 0 unspecified atom stereocenters. The van der Waals surface area contributed by atoms with Crippen LogP contribution in [0.3, 0.4) is 0 Å². The van der Waals surface area contributed by atoms with Gasteiger partial charge in [-0.3, -0.25) is 4.90 Å². The first-order valence-electron chi connectivity index (χ1n) is 7.02. The molecule has 0 aromatic heterocycles. The lowest BCUT2D eigenvalue weighted by molar-refractivity contribution is 0.252. The minimum Gasteiger partial charge on any atom is -0.369 e. The average molecular weight is 267 g/mol. The molecule has 0 radical (unpaired) electrons. The van der Waals surface area contributed by atoms with Gasteiger partial charge in [-0.25, -0.2) is 0 Å². The van der Waals surface area contributed by atoms with Crippen molar-refractivity contribution >= 4 is 17.3 Å². The number of unbranched alkanes of at least 4 members (excludes halogenated alkanes) is 2. The van der Waals surface area contributed by atoms with E-state index < -0.39 is 0 Å². The Balaban J connectivity index is 1.79. The molecular formula is C15H23ClN2. The van der Waals surface area contributed by atoms with E-state index in [2.05, 4.69) is 28.9 Å². The Labute approximate surface area is 116 Å². The van der Waals surface area contributed by atoms with E-state index in [1.165, 1.54) is 44.6 Å². The lowest BCUT2D eigenvalue weighted by atomic mass is 10.2. The number of rotatable bonds is 5. The highest BCUT2D eigenvalue weighted by molar-refractivity contribution is 6.30. The van der Waals surface area contributed by atoms with Crippen molar-refractivity contribution in [1.82, 2.24) is 4.90 Å². The van der Waals surface area contributed by atoms with Crippen molar-refractivity contribution in [3.8, 4) is 0 Å². The van der Waals surface area contributed by atoms with E-state index in [0.29, 0.717) is 0 Å². The number of hydrogen-bond acceptors (Lipinski definition) is 2. The van der Waals surface area contributed by atoms with Gasteiger partial charge in [0.2, 0.25) is 0 Å². The van der Waals surface area contributed by atoms with Gasteiger partial charge in [0.05, 0.1) is 0 Å². The van der Waals surface area contributed by atoms with Gasteiger partial charge in [-0.05, 0) is 31.2 Å². The van der Waals surface area contributed by atoms with Crippen LogP contribution in [0, 0.1) is 0 Å². The summed E-state index contributed by atoms with van der Waals surface area (Å²) in [6.07, 6.45) is 4.00. The summed E-state index contributed by atoms with van der Waals surface area (Å²) in [5.74, 6) is 0. The third-order valence-electron chi connectivity index (χ3n) is 3.62. The summed E-state index contributed by atoms with van der Waals surface area (Å²) in [6, 6.07) is 8.18. The molecule has 0 bridgehead atoms. The number of piperazine rings is 1. The average Bonchev–Trinajstić information content (AvgIpc) is 2.40. The summed E-state index contributed by atoms with van der Waals surface area (Å²) in [5, 5.41) is 0.831. The lowest BCUT2D eigenvalue weighted by Crippen LogP contribution is -2.46. The first-order valence-corrected chi connectivity index (χ1v) is 7.40. The topological polar surface area (TPSA) is 6.48 Å². The molecule has 18 heavy (non-hydrogen) atoms. The fraction of sp³-hybridized carbons (Fsp3) is 0.600. The van der Waals surface area contributed by atoms with Crippen LogP contribution < -0.4 is 4.90 Å². The van der Waals surface area contributed by atoms with E-state index in [1.54, 1.807) is 0 Å². The van der Waals surface area contributed by atoms with E-state index in [4.69, 9.17) is 11.6 Å². The summed E-state index contributed by atoms with van der Waals surface area (Å²) in [5.41, 5.74) is 1.26. The summed E-state index contributed by atoms with van der Waals surface area (Å²) < 4.78 is 0. The van der Waals surface area contributed by atoms with Gasteiger partial charge in [0.1, 0.15) is 0 Å². The number of anilines is 1. The maximum absolute atomic E-state index is 6.04. The fourth-order valence-corrected chi connectivity index (χ4v) is 2.67. The van der Waals surface area contributed by atoms with Crippen molar-refractivity contribution in [3.05, 3.63) is 29.3 Å². The van der Waals surface area contributed by atoms with Crippen LogP contribution in [0.5, 0.6) is 0 Å². The zero-order chi connectivity index (χ0) is 12.8. The highest BCUT2D eigenvalue weighted by Crippen LogP contribution is 2.20. The van der Waals surface area contributed by atoms with Crippen LogP contribution >= 0.6 is 11.6 Å². The van der Waals surface area contributed by atoms with E-state index in [1.807, 2.05) is 12.1 Å². The molecule has 1 heterocycles. The maximum Gasteiger partial charge on any atom is 0.0426 e. The molecule has 0 saturated carbocycles. The van der Waals surface area contributed by atoms with Crippen molar-refractivity contribution in [2.45, 2.75) is 26.2 Å². The van der Waals surface area contributed by atoms with Crippen LogP contribution in [0.4, 0.5) is 5.69 Å². The number of hydrogen-bond donors (Lipinski definition) is 0. The molecule has 1 aromatic rings. The molecule has 3 heteroatoms. The highest BCUT2D eigenvalue weighted by atomic mass is 35.5. The first kappa shape index (κ1) is 13.7. The Morgan fingerprint density at radius 1 is 1.11 bits per heavy atom. The predicted molar refractivity (Wildman–Crippen MR) is 79.6 cm³/mol. The van der Waals surface area contributed by atoms with E-state index in [9.17, 15) is 0 Å². The molecule has 0 atom stereocenters. The van der Waals surface area contributed by atoms with E-state index in [-0.39, 0.29) is 0 Å². The summed E-state index contributed by atoms with van der Waals surface area (Å²) in [6.45, 7) is 8.11. The molecule has 1 fully saturated rings. The second kappa shape index (κ2) is 7.01. The fourth-order valence-electron chi connectivity index (χ4n) is 2.49. The molecule has 2 nitrogen and oxygen atoms in total. The number of nitrogens with zero attached hydrogens (tertiary/aromatic N) is 2. The van der Waals surface area contributed by atoms with E-state index >= 15 is 0 Å². The van der Waals surface area contributed by atoms with Crippen LogP contribution in [0.25, 0.3) is 0 Å². The van der Waals surface area contributed by atoms with Gasteiger partial charge in [0.25, 0.3) is 0 Å². The van der Waals surface area contributed by atoms with Gasteiger partial charge in [-0.2, -0.15) is 0 Å². The van der Waals surface area contributed by atoms with Crippen molar-refractivity contribution in [2.75, 3.05) is 37.6 Å². The lowest BCUT2D eigenvalue weighted by Gasteiger charge is -2.36. The smallest absolute Gasteiger partial charge is 0.0426 e. The Bertz CT molecular complexity index is 359. The minimum absolute atomic E-state index is 0.831. The molecule has 100 valence electrons. The van der Waals surface area contributed by atoms with Crippen molar-refractivity contribution in [2.24, 2.45) is 0 Å². The Morgan fingerprint density at radius 3 is 2.56 bits per heavy atom. The van der Waals surface area contributed by atoms with Crippen LogP contribution in [-0.2, 0) is 0 Å². The van der Waals surface area contributed by atoms with Gasteiger partial charge in [-0.15, -0.1) is 0 Å². The molecule has 1 aromatic carbocycles. The second-order valence-electron chi connectivity index (χ2n) is 5.02. The van der Waals surface area contributed by atoms with E-state index in [0.717, 1.165) is 18.1 Å². The molecule has 1 aliphatic heterocycles. The highest BCUT2D eigenvalue weighted by Gasteiger charge is 2.16. The number of benzene rings is 1. The van der Waals surface area contributed by atoms with Crippen LogP contribution in [0.2, 0.25) is 5.02 Å². The molecular weight excluding hydrogens is 244 g/mol. The summed E-state index contributed by atoms with van der Waals surface area (Å²) in [7, 11) is 0. The molecule has 0 spiro atoms. The van der Waals surface area contributed by atoms with Gasteiger partial charge in [-0.1, -0.05) is 37.4 Å². The number of halogens is 1. The molecule has 0 N–H and O–H groups in total. The third-order valence-corrected chi connectivity index (χ3v) is 3.86. The van der Waals surface area contributed by atoms with Crippen LogP contribution in [0.15, 0.2) is 24.3 Å². The maximum atomic E-state index is 6.04. The molecule has 0 amide bonds. The van der Waals surface area contributed by atoms with Crippen molar-refractivity contribution in [3.63, 3.8) is 0 Å². The summed E-state index contributed by atoms with van der Waals surface area (Å²) in [4.78, 5) is 5.01. The van der Waals surface area contributed by atoms with Gasteiger partial charge in [0, 0.05) is 36.9 Å². The Kier molecular flexibility index (Phi) is 5.33. The minimum atomic E-state index is 0.831. The molecule has 1 aliphatic rings. The Morgan fingerprint density at radius 2 is 1.89 bits per heavy atom. The quantitative estimate of drug-likeness (QED) is 0.751. The SMILES string of the molecule is CCCCCN1CCN(c2cccc(Cl)c2)CC1. The summed E-state index contributed by atoms with van der Waals surface area (Å²) >= 11 is 6.04. The first-order chi connectivity index (χ1) is 8.79. The Hall–Kier alpha value is -0.730. The molecule has 0 aliphatic carbocycles. The zero-order valence-corrected chi connectivity index (χ0v) is 12.0. The van der Waals surface area contributed by atoms with Gasteiger partial charge in [0.15, 0.2) is 0 Å². The van der Waals surface area contributed by atoms with Gasteiger partial charge < -0.3 is 4.90 Å². The largest absolute Gasteiger partial charge is 0.369 e. The second-order valence-corrected chi connectivity index (χ2v) is 5.45. The van der Waals surface area contributed by atoms with Gasteiger partial charge >= 0.3 is 0 Å². The van der Waals surface area contributed by atoms with Crippen LogP contribution in [0.1, 0.15) is 26.2 Å². The standard InChI is InChI=1S/C15H23ClN2/c1-2-3-4-8-17-9-11-18(12-10-17)15-7-5-6-14(16)13-15/h5-7,13H,2-4,8-12H2,1H3. The third kappa shape index (κ3) is 3.89. The molecule has 2 rings (SSSR count).